The lowest BCUT2D eigenvalue weighted by Crippen LogP contribution is -2.23. The smallest absolute Gasteiger partial charge is 0.274 e. The second kappa shape index (κ2) is 8.67. The molecule has 0 atom stereocenters. The topological polar surface area (TPSA) is 106 Å². The van der Waals surface area contributed by atoms with Crippen molar-refractivity contribution in [3.8, 4) is 22.1 Å². The van der Waals surface area contributed by atoms with E-state index in [0.717, 1.165) is 11.1 Å². The van der Waals surface area contributed by atoms with Crippen LogP contribution in [-0.2, 0) is 7.05 Å². The molecule has 9 heteroatoms. The van der Waals surface area contributed by atoms with Crippen molar-refractivity contribution in [1.82, 2.24) is 19.9 Å². The molecular weight excluding hydrogens is 440 g/mol. The van der Waals surface area contributed by atoms with Crippen LogP contribution in [0.4, 0.5) is 0 Å². The molecule has 8 nitrogen and oxygen atoms in total. The number of fused-ring (bicyclic) bond motifs is 1. The molecule has 0 radical (unpaired) electrons. The van der Waals surface area contributed by atoms with Crippen LogP contribution < -0.4 is 15.6 Å². The van der Waals surface area contributed by atoms with E-state index in [4.69, 9.17) is 4.74 Å². The Bertz CT molecular complexity index is 1460. The molecule has 0 aliphatic carbocycles. The van der Waals surface area contributed by atoms with Gasteiger partial charge in [0, 0.05) is 48.6 Å². The number of nitrogens with one attached hydrogen (secondary N) is 2. The molecule has 0 aliphatic rings. The molecule has 0 spiro atoms. The summed E-state index contributed by atoms with van der Waals surface area (Å²) in [5, 5.41) is 3.31. The van der Waals surface area contributed by atoms with Crippen LogP contribution >= 0.6 is 11.3 Å². The van der Waals surface area contributed by atoms with E-state index in [1.165, 1.54) is 22.8 Å². The van der Waals surface area contributed by atoms with Gasteiger partial charge in [-0.05, 0) is 45.4 Å². The molecule has 4 aromatic heterocycles. The van der Waals surface area contributed by atoms with Crippen LogP contribution in [0.1, 0.15) is 45.1 Å². The first kappa shape index (κ1) is 22.5. The van der Waals surface area contributed by atoms with E-state index in [1.807, 2.05) is 26.8 Å². The van der Waals surface area contributed by atoms with E-state index in [9.17, 15) is 14.4 Å². The largest absolute Gasteiger partial charge is 0.437 e. The number of amides is 1. The first-order chi connectivity index (χ1) is 15.7. The summed E-state index contributed by atoms with van der Waals surface area (Å²) < 4.78 is 7.61. The third kappa shape index (κ3) is 4.19. The van der Waals surface area contributed by atoms with Crippen LogP contribution in [0.3, 0.4) is 0 Å². The average Bonchev–Trinajstić information content (AvgIpc) is 3.38. The normalized spacial score (nSPS) is 11.1. The maximum absolute atomic E-state index is 12.8. The minimum atomic E-state index is -0.298. The van der Waals surface area contributed by atoms with E-state index < -0.39 is 0 Å². The minimum Gasteiger partial charge on any atom is -0.437 e. The number of hydrogen-bond acceptors (Lipinski definition) is 6. The predicted molar refractivity (Wildman–Crippen MR) is 129 cm³/mol. The Balaban J connectivity index is 1.93. The number of pyridine rings is 2. The van der Waals surface area contributed by atoms with E-state index >= 15 is 0 Å². The van der Waals surface area contributed by atoms with Crippen LogP contribution in [0, 0.1) is 13.8 Å². The number of ketones is 1. The Morgan fingerprint density at radius 1 is 1.24 bits per heavy atom. The second-order valence-electron chi connectivity index (χ2n) is 7.89. The number of ether oxygens (including phenoxy) is 1. The molecule has 0 saturated heterocycles. The number of thiophene rings is 1. The number of aromatic amines is 1. The van der Waals surface area contributed by atoms with Crippen molar-refractivity contribution < 1.29 is 14.3 Å². The highest BCUT2D eigenvalue weighted by Gasteiger charge is 2.22. The summed E-state index contributed by atoms with van der Waals surface area (Å²) in [6, 6.07) is 5.32. The maximum atomic E-state index is 12.8. The predicted octanol–water partition coefficient (Wildman–Crippen LogP) is 4.35. The van der Waals surface area contributed by atoms with E-state index in [1.54, 1.807) is 31.6 Å². The first-order valence-corrected chi connectivity index (χ1v) is 11.3. The summed E-state index contributed by atoms with van der Waals surface area (Å²) >= 11 is 1.27. The Kier molecular flexibility index (Phi) is 5.90. The Morgan fingerprint density at radius 2 is 2.00 bits per heavy atom. The number of aryl methyl sites for hydroxylation is 3. The summed E-state index contributed by atoms with van der Waals surface area (Å²) in [4.78, 5) is 45.9. The van der Waals surface area contributed by atoms with Crippen molar-refractivity contribution in [3.63, 3.8) is 0 Å². The molecule has 4 heterocycles. The summed E-state index contributed by atoms with van der Waals surface area (Å²) in [5.41, 5.74) is 2.90. The number of Topliss-reactive ketones (excluding diaryl/α,β-unsaturated/α-hetero) is 1. The molecular formula is C24H24N4O4S. The fourth-order valence-electron chi connectivity index (χ4n) is 3.62. The molecule has 33 heavy (non-hydrogen) atoms. The van der Waals surface area contributed by atoms with Crippen molar-refractivity contribution in [2.45, 2.75) is 27.7 Å². The molecule has 0 aromatic carbocycles. The fraction of sp³-hybridized carbons (Fsp3) is 0.250. The van der Waals surface area contributed by atoms with Gasteiger partial charge in [-0.3, -0.25) is 14.4 Å². The van der Waals surface area contributed by atoms with Crippen LogP contribution in [0.25, 0.3) is 21.3 Å². The van der Waals surface area contributed by atoms with Crippen LogP contribution in [0.15, 0.2) is 35.4 Å². The molecule has 170 valence electrons. The number of carbonyl (C=O) groups is 2. The molecule has 4 rings (SSSR count). The van der Waals surface area contributed by atoms with Crippen molar-refractivity contribution in [2.75, 3.05) is 6.54 Å². The number of H-pyrrole nitrogens is 1. The monoisotopic (exact) mass is 464 g/mol. The van der Waals surface area contributed by atoms with Gasteiger partial charge in [0.25, 0.3) is 11.5 Å². The molecule has 0 fully saturated rings. The third-order valence-electron chi connectivity index (χ3n) is 5.21. The van der Waals surface area contributed by atoms with Crippen molar-refractivity contribution in [3.05, 3.63) is 62.6 Å². The highest BCUT2D eigenvalue weighted by Crippen LogP contribution is 2.43. The maximum Gasteiger partial charge on any atom is 0.274 e. The van der Waals surface area contributed by atoms with Crippen molar-refractivity contribution in [1.29, 1.82) is 0 Å². The van der Waals surface area contributed by atoms with Gasteiger partial charge >= 0.3 is 0 Å². The van der Waals surface area contributed by atoms with Crippen molar-refractivity contribution in [2.24, 2.45) is 7.05 Å². The number of rotatable bonds is 6. The Hall–Kier alpha value is -3.72. The number of hydrogen-bond donors (Lipinski definition) is 2. The van der Waals surface area contributed by atoms with Gasteiger partial charge in [-0.25, -0.2) is 4.98 Å². The standard InChI is InChI=1S/C24H24N4O4S/c1-6-25-22(30)17-8-15-16(11-28(5)24(31)20(15)27-17)21-18(9-19(33-21)14(4)29)32-23-13(3)7-12(2)10-26-23/h7-11,27H,6H2,1-5H3,(H,25,30). The fourth-order valence-corrected chi connectivity index (χ4v) is 4.62. The second-order valence-corrected chi connectivity index (χ2v) is 8.94. The summed E-state index contributed by atoms with van der Waals surface area (Å²) in [6.45, 7) is 7.64. The average molecular weight is 465 g/mol. The van der Waals surface area contributed by atoms with Gasteiger partial charge in [0.15, 0.2) is 5.78 Å². The molecule has 1 amide bonds. The number of carbonyl (C=O) groups excluding carboxylic acids is 2. The van der Waals surface area contributed by atoms with Gasteiger partial charge in [0.1, 0.15) is 17.0 Å². The molecule has 0 unspecified atom stereocenters. The summed E-state index contributed by atoms with van der Waals surface area (Å²) in [6.07, 6.45) is 3.41. The SMILES string of the molecule is CCNC(=O)c1cc2c(-c3sc(C(C)=O)cc3Oc3ncc(C)cc3C)cn(C)c(=O)c2[nH]1. The lowest BCUT2D eigenvalue weighted by Gasteiger charge is -2.10. The van der Waals surface area contributed by atoms with Gasteiger partial charge in [0.2, 0.25) is 5.88 Å². The third-order valence-corrected chi connectivity index (χ3v) is 6.46. The van der Waals surface area contributed by atoms with Gasteiger partial charge in [-0.2, -0.15) is 0 Å². The van der Waals surface area contributed by atoms with Crippen molar-refractivity contribution >= 4 is 33.9 Å². The summed E-state index contributed by atoms with van der Waals surface area (Å²) in [5.74, 6) is 0.509. The Labute approximate surface area is 194 Å². The molecule has 0 aliphatic heterocycles. The molecule has 2 N–H and O–H groups in total. The zero-order valence-corrected chi connectivity index (χ0v) is 19.8. The lowest BCUT2D eigenvalue weighted by atomic mass is 10.1. The number of aromatic nitrogens is 3. The van der Waals surface area contributed by atoms with Gasteiger partial charge in [-0.1, -0.05) is 0 Å². The molecule has 0 bridgehead atoms. The number of nitrogens with zero attached hydrogens (tertiary/aromatic N) is 2. The van der Waals surface area contributed by atoms with Crippen LogP contribution in [0.2, 0.25) is 0 Å². The zero-order valence-electron chi connectivity index (χ0n) is 19.0. The van der Waals surface area contributed by atoms with Gasteiger partial charge in [0.05, 0.1) is 9.75 Å². The van der Waals surface area contributed by atoms with Crippen LogP contribution in [-0.4, -0.2) is 32.8 Å². The lowest BCUT2D eigenvalue weighted by molar-refractivity contribution is 0.0950. The van der Waals surface area contributed by atoms with Crippen LogP contribution in [0.5, 0.6) is 11.6 Å². The minimum absolute atomic E-state index is 0.0946. The summed E-state index contributed by atoms with van der Waals surface area (Å²) in [7, 11) is 1.64. The van der Waals surface area contributed by atoms with E-state index in [0.29, 0.717) is 50.1 Å². The van der Waals surface area contributed by atoms with E-state index in [2.05, 4.69) is 15.3 Å². The molecule has 4 aromatic rings. The quantitative estimate of drug-likeness (QED) is 0.413. The van der Waals surface area contributed by atoms with Gasteiger partial charge in [-0.15, -0.1) is 11.3 Å². The Morgan fingerprint density at radius 3 is 2.67 bits per heavy atom. The molecule has 0 saturated carbocycles. The highest BCUT2D eigenvalue weighted by atomic mass is 32.1. The zero-order chi connectivity index (χ0) is 23.9. The van der Waals surface area contributed by atoms with Gasteiger partial charge < -0.3 is 19.6 Å². The first-order valence-electron chi connectivity index (χ1n) is 10.5. The van der Waals surface area contributed by atoms with E-state index in [-0.39, 0.29) is 17.2 Å². The highest BCUT2D eigenvalue weighted by molar-refractivity contribution is 7.18.